The molecule has 0 heterocycles. The highest BCUT2D eigenvalue weighted by Crippen LogP contribution is 2.37. The summed E-state index contributed by atoms with van der Waals surface area (Å²) in [6.45, 7) is 6.24. The van der Waals surface area contributed by atoms with Gasteiger partial charge in [-0.2, -0.15) is 0 Å². The van der Waals surface area contributed by atoms with Crippen LogP contribution >= 0.6 is 0 Å². The summed E-state index contributed by atoms with van der Waals surface area (Å²) in [6.07, 6.45) is 24.7. The van der Waals surface area contributed by atoms with E-state index in [9.17, 15) is 0 Å². The van der Waals surface area contributed by atoms with Crippen LogP contribution < -0.4 is 0 Å². The lowest BCUT2D eigenvalue weighted by atomic mass is 9.74. The molecule has 0 saturated heterocycles. The van der Waals surface area contributed by atoms with E-state index in [1.807, 2.05) is 0 Å². The van der Waals surface area contributed by atoms with Crippen LogP contribution in [0.2, 0.25) is 0 Å². The van der Waals surface area contributed by atoms with Gasteiger partial charge >= 0.3 is 0 Å². The van der Waals surface area contributed by atoms with Gasteiger partial charge in [0.15, 0.2) is 0 Å². The lowest BCUT2D eigenvalue weighted by Gasteiger charge is -2.30. The number of hydrogen-bond acceptors (Lipinski definition) is 0. The zero-order valence-corrected chi connectivity index (χ0v) is 11.9. The van der Waals surface area contributed by atoms with Crippen LogP contribution in [0.4, 0.5) is 0 Å². The van der Waals surface area contributed by atoms with Gasteiger partial charge in [0.1, 0.15) is 0 Å². The zero-order chi connectivity index (χ0) is 13.5. The third-order valence-electron chi connectivity index (χ3n) is 3.92. The summed E-state index contributed by atoms with van der Waals surface area (Å²) in [5, 5.41) is 0. The molecular weight excluding hydrogens is 228 g/mol. The van der Waals surface area contributed by atoms with E-state index in [2.05, 4.69) is 68.2 Å². The molecule has 0 radical (unpaired) electrons. The van der Waals surface area contributed by atoms with Crippen molar-refractivity contribution in [3.63, 3.8) is 0 Å². The van der Waals surface area contributed by atoms with Gasteiger partial charge in [0.2, 0.25) is 0 Å². The summed E-state index contributed by atoms with van der Waals surface area (Å²) in [6, 6.07) is 0. The Bertz CT molecular complexity index is 454. The standard InChI is InChI=1S/C19H24/c1-3-11-16(4-2)19(17-12-7-5-8-13-17)18-14-9-6-10-15-18/h4-9,11-12,14,17,19H,2-3,10,13,15H2,1H3/b16-11+. The van der Waals surface area contributed by atoms with Crippen molar-refractivity contribution in [1.29, 1.82) is 0 Å². The van der Waals surface area contributed by atoms with Crippen molar-refractivity contribution in [3.8, 4) is 0 Å². The Hall–Kier alpha value is -1.56. The van der Waals surface area contributed by atoms with Gasteiger partial charge in [-0.05, 0) is 37.2 Å². The molecule has 19 heavy (non-hydrogen) atoms. The summed E-state index contributed by atoms with van der Waals surface area (Å²) in [4.78, 5) is 0. The van der Waals surface area contributed by atoms with Gasteiger partial charge in [0.05, 0.1) is 0 Å². The molecule has 0 aliphatic heterocycles. The lowest BCUT2D eigenvalue weighted by molar-refractivity contribution is 0.504. The molecule has 0 bridgehead atoms. The molecule has 0 heteroatoms. The average molecular weight is 252 g/mol. The predicted molar refractivity (Wildman–Crippen MR) is 84.9 cm³/mol. The topological polar surface area (TPSA) is 0 Å². The van der Waals surface area contributed by atoms with Gasteiger partial charge in [-0.3, -0.25) is 0 Å². The minimum Gasteiger partial charge on any atom is -0.0988 e. The molecule has 2 aliphatic carbocycles. The molecule has 0 aromatic rings. The number of hydrogen-bond donors (Lipinski definition) is 0. The van der Waals surface area contributed by atoms with Crippen molar-refractivity contribution in [2.75, 3.05) is 0 Å². The predicted octanol–water partition coefficient (Wildman–Crippen LogP) is 5.53. The third-order valence-corrected chi connectivity index (χ3v) is 3.92. The van der Waals surface area contributed by atoms with E-state index in [1.54, 1.807) is 5.57 Å². The van der Waals surface area contributed by atoms with E-state index in [-0.39, 0.29) is 0 Å². The van der Waals surface area contributed by atoms with Crippen LogP contribution in [0, 0.1) is 11.8 Å². The van der Waals surface area contributed by atoms with Crippen LogP contribution in [0.1, 0.15) is 32.6 Å². The van der Waals surface area contributed by atoms with Crippen LogP contribution in [-0.2, 0) is 0 Å². The Balaban J connectivity index is 2.31. The second kappa shape index (κ2) is 7.13. The van der Waals surface area contributed by atoms with Crippen LogP contribution in [0.5, 0.6) is 0 Å². The fraction of sp³-hybridized carbons (Fsp3) is 0.368. The second-order valence-corrected chi connectivity index (χ2v) is 5.22. The molecule has 0 saturated carbocycles. The molecule has 0 fully saturated rings. The highest BCUT2D eigenvalue weighted by Gasteiger charge is 2.25. The molecule has 0 spiro atoms. The minimum atomic E-state index is 0.503. The first-order chi connectivity index (χ1) is 9.36. The maximum Gasteiger partial charge on any atom is 0.0114 e. The van der Waals surface area contributed by atoms with Crippen molar-refractivity contribution in [1.82, 2.24) is 0 Å². The van der Waals surface area contributed by atoms with Gasteiger partial charge < -0.3 is 0 Å². The van der Waals surface area contributed by atoms with E-state index in [0.29, 0.717) is 11.8 Å². The minimum absolute atomic E-state index is 0.503. The summed E-state index contributed by atoms with van der Waals surface area (Å²) in [7, 11) is 0. The largest absolute Gasteiger partial charge is 0.0988 e. The summed E-state index contributed by atoms with van der Waals surface area (Å²) < 4.78 is 0. The average Bonchev–Trinajstić information content (AvgIpc) is 2.49. The van der Waals surface area contributed by atoms with Crippen LogP contribution in [-0.4, -0.2) is 0 Å². The number of allylic oxidation sites excluding steroid dienone is 11. The molecule has 2 rings (SSSR count). The van der Waals surface area contributed by atoms with Gasteiger partial charge in [0, 0.05) is 5.92 Å². The van der Waals surface area contributed by atoms with Crippen molar-refractivity contribution in [2.24, 2.45) is 11.8 Å². The third kappa shape index (κ3) is 3.47. The quantitative estimate of drug-likeness (QED) is 0.564. The number of rotatable bonds is 5. The maximum atomic E-state index is 4.03. The van der Waals surface area contributed by atoms with Crippen molar-refractivity contribution >= 4 is 0 Å². The highest BCUT2D eigenvalue weighted by molar-refractivity contribution is 5.35. The van der Waals surface area contributed by atoms with Crippen molar-refractivity contribution in [3.05, 3.63) is 72.4 Å². The first-order valence-corrected chi connectivity index (χ1v) is 7.38. The smallest absolute Gasteiger partial charge is 0.0114 e. The van der Waals surface area contributed by atoms with E-state index in [0.717, 1.165) is 12.8 Å². The van der Waals surface area contributed by atoms with Crippen molar-refractivity contribution < 1.29 is 0 Å². The van der Waals surface area contributed by atoms with Crippen LogP contribution in [0.15, 0.2) is 72.4 Å². The second-order valence-electron chi connectivity index (χ2n) is 5.22. The van der Waals surface area contributed by atoms with Gasteiger partial charge in [-0.15, -0.1) is 0 Å². The molecule has 2 unspecified atom stereocenters. The zero-order valence-electron chi connectivity index (χ0n) is 11.9. The Morgan fingerprint density at radius 1 is 1.37 bits per heavy atom. The lowest BCUT2D eigenvalue weighted by Crippen LogP contribution is -2.18. The molecule has 100 valence electrons. The molecule has 0 N–H and O–H groups in total. The highest BCUT2D eigenvalue weighted by atomic mass is 14.3. The maximum absolute atomic E-state index is 4.03. The first kappa shape index (κ1) is 13.9. The Morgan fingerprint density at radius 2 is 2.26 bits per heavy atom. The molecule has 0 nitrogen and oxygen atoms in total. The monoisotopic (exact) mass is 252 g/mol. The Morgan fingerprint density at radius 3 is 2.84 bits per heavy atom. The van der Waals surface area contributed by atoms with E-state index in [4.69, 9.17) is 0 Å². The molecule has 0 amide bonds. The molecule has 2 atom stereocenters. The van der Waals surface area contributed by atoms with Crippen LogP contribution in [0.25, 0.3) is 0 Å². The summed E-state index contributed by atoms with van der Waals surface area (Å²) in [5.74, 6) is 1.09. The molecular formula is C19H24. The molecule has 2 aliphatic rings. The van der Waals surface area contributed by atoms with Gasteiger partial charge in [-0.25, -0.2) is 0 Å². The van der Waals surface area contributed by atoms with E-state index >= 15 is 0 Å². The fourth-order valence-corrected chi connectivity index (χ4v) is 3.04. The fourth-order valence-electron chi connectivity index (χ4n) is 3.04. The van der Waals surface area contributed by atoms with Gasteiger partial charge in [0.25, 0.3) is 0 Å². The molecule has 0 aromatic carbocycles. The summed E-state index contributed by atoms with van der Waals surface area (Å²) in [5.41, 5.74) is 2.96. The normalized spacial score (nSPS) is 24.2. The van der Waals surface area contributed by atoms with Crippen LogP contribution in [0.3, 0.4) is 0 Å². The first-order valence-electron chi connectivity index (χ1n) is 7.38. The van der Waals surface area contributed by atoms with Gasteiger partial charge in [-0.1, -0.05) is 73.8 Å². The Labute approximate surface area is 117 Å². The van der Waals surface area contributed by atoms with Crippen molar-refractivity contribution in [2.45, 2.75) is 32.6 Å². The SMILES string of the molecule is C=C/C(=C\CC)C(C1=CC=CCC1)C1C=CC=CC1. The summed E-state index contributed by atoms with van der Waals surface area (Å²) >= 11 is 0. The van der Waals surface area contributed by atoms with E-state index < -0.39 is 0 Å². The molecule has 0 aromatic heterocycles. The van der Waals surface area contributed by atoms with E-state index in [1.165, 1.54) is 18.4 Å². The Kier molecular flexibility index (Phi) is 5.20.